The van der Waals surface area contributed by atoms with Crippen LogP contribution in [0.5, 0.6) is 0 Å². The Morgan fingerprint density at radius 1 is 1.47 bits per heavy atom. The normalized spacial score (nSPS) is 21.9. The van der Waals surface area contributed by atoms with Crippen molar-refractivity contribution in [1.82, 2.24) is 4.31 Å². The molecule has 1 unspecified atom stereocenters. The third-order valence-corrected chi connectivity index (χ3v) is 5.25. The molecular weight excluding hydrogens is 258 g/mol. The maximum absolute atomic E-state index is 12.3. The van der Waals surface area contributed by atoms with Gasteiger partial charge in [-0.1, -0.05) is 19.1 Å². The summed E-state index contributed by atoms with van der Waals surface area (Å²) in [5, 5.41) is 0. The molecule has 0 bridgehead atoms. The van der Waals surface area contributed by atoms with Crippen LogP contribution in [0.15, 0.2) is 29.2 Å². The number of hydrogen-bond acceptors (Lipinski definition) is 2. The topological polar surface area (TPSA) is 37.4 Å². The van der Waals surface area contributed by atoms with Crippen molar-refractivity contribution in [2.24, 2.45) is 5.92 Å². The Morgan fingerprint density at radius 2 is 2.24 bits per heavy atom. The minimum absolute atomic E-state index is 0.333. The molecule has 0 N–H and O–H groups in total. The van der Waals surface area contributed by atoms with Gasteiger partial charge in [-0.05, 0) is 30.0 Å². The van der Waals surface area contributed by atoms with Crippen LogP contribution >= 0.6 is 11.6 Å². The van der Waals surface area contributed by atoms with Gasteiger partial charge >= 0.3 is 0 Å². The zero-order chi connectivity index (χ0) is 12.5. The quantitative estimate of drug-likeness (QED) is 0.794. The third-order valence-electron chi connectivity index (χ3n) is 3.08. The number of benzene rings is 1. The van der Waals surface area contributed by atoms with Crippen molar-refractivity contribution in [2.75, 3.05) is 13.1 Å². The molecule has 0 amide bonds. The van der Waals surface area contributed by atoms with Gasteiger partial charge in [0.25, 0.3) is 0 Å². The fourth-order valence-electron chi connectivity index (χ4n) is 2.05. The number of halogens is 1. The molecule has 1 aliphatic rings. The van der Waals surface area contributed by atoms with E-state index in [9.17, 15) is 8.42 Å². The second-order valence-electron chi connectivity index (χ2n) is 4.54. The van der Waals surface area contributed by atoms with Crippen LogP contribution in [0.3, 0.4) is 0 Å². The molecule has 1 aromatic rings. The van der Waals surface area contributed by atoms with Crippen molar-refractivity contribution in [3.8, 4) is 0 Å². The second kappa shape index (κ2) is 4.96. The molecule has 17 heavy (non-hydrogen) atoms. The van der Waals surface area contributed by atoms with Crippen molar-refractivity contribution in [3.05, 3.63) is 29.8 Å². The molecule has 1 aromatic carbocycles. The smallest absolute Gasteiger partial charge is 0.207 e. The van der Waals surface area contributed by atoms with Crippen molar-refractivity contribution in [3.63, 3.8) is 0 Å². The van der Waals surface area contributed by atoms with Crippen LogP contribution in [0, 0.1) is 5.92 Å². The van der Waals surface area contributed by atoms with Crippen molar-refractivity contribution < 1.29 is 8.42 Å². The first-order valence-corrected chi connectivity index (χ1v) is 7.66. The maximum Gasteiger partial charge on any atom is 0.243 e. The van der Waals surface area contributed by atoms with Crippen LogP contribution in [0.25, 0.3) is 0 Å². The van der Waals surface area contributed by atoms with Gasteiger partial charge in [-0.2, -0.15) is 4.31 Å². The van der Waals surface area contributed by atoms with E-state index in [1.807, 2.05) is 6.07 Å². The molecule has 1 atom stereocenters. The molecule has 1 aliphatic heterocycles. The van der Waals surface area contributed by atoms with Gasteiger partial charge in [0.15, 0.2) is 0 Å². The SMILES string of the molecule is CC1CCN(S(=O)(=O)c2cccc(CCl)c2)C1. The molecule has 5 heteroatoms. The predicted octanol–water partition coefficient (Wildman–Crippen LogP) is 2.46. The lowest BCUT2D eigenvalue weighted by Crippen LogP contribution is -2.28. The van der Waals surface area contributed by atoms with E-state index in [1.54, 1.807) is 22.5 Å². The summed E-state index contributed by atoms with van der Waals surface area (Å²) in [5.41, 5.74) is 0.833. The van der Waals surface area contributed by atoms with Crippen molar-refractivity contribution in [1.29, 1.82) is 0 Å². The molecule has 94 valence electrons. The summed E-state index contributed by atoms with van der Waals surface area (Å²) in [5.74, 6) is 0.778. The van der Waals surface area contributed by atoms with E-state index in [2.05, 4.69) is 6.92 Å². The number of rotatable bonds is 3. The zero-order valence-corrected chi connectivity index (χ0v) is 11.3. The molecule has 1 heterocycles. The molecule has 1 saturated heterocycles. The Morgan fingerprint density at radius 3 is 2.82 bits per heavy atom. The number of nitrogens with zero attached hydrogens (tertiary/aromatic N) is 1. The summed E-state index contributed by atoms with van der Waals surface area (Å²) in [6.45, 7) is 3.31. The first-order chi connectivity index (χ1) is 8.04. The van der Waals surface area contributed by atoms with E-state index in [0.29, 0.717) is 29.8 Å². The predicted molar refractivity (Wildman–Crippen MR) is 68.5 cm³/mol. The highest BCUT2D eigenvalue weighted by atomic mass is 35.5. The number of sulfonamides is 1. The molecule has 2 rings (SSSR count). The van der Waals surface area contributed by atoms with Crippen LogP contribution in [0.2, 0.25) is 0 Å². The van der Waals surface area contributed by atoms with E-state index in [-0.39, 0.29) is 0 Å². The first kappa shape index (κ1) is 12.9. The highest BCUT2D eigenvalue weighted by molar-refractivity contribution is 7.89. The van der Waals surface area contributed by atoms with Gasteiger partial charge in [-0.3, -0.25) is 0 Å². The summed E-state index contributed by atoms with van der Waals surface area (Å²) in [6, 6.07) is 6.86. The summed E-state index contributed by atoms with van der Waals surface area (Å²) >= 11 is 5.72. The Hall–Kier alpha value is -0.580. The van der Waals surface area contributed by atoms with Crippen LogP contribution < -0.4 is 0 Å². The summed E-state index contributed by atoms with van der Waals surface area (Å²) in [4.78, 5) is 0.352. The molecule has 0 spiro atoms. The summed E-state index contributed by atoms with van der Waals surface area (Å²) in [6.07, 6.45) is 0.939. The fraction of sp³-hybridized carbons (Fsp3) is 0.500. The molecule has 0 saturated carbocycles. The Labute approximate surface area is 107 Å². The molecule has 0 radical (unpaired) electrons. The average Bonchev–Trinajstić information content (AvgIpc) is 2.76. The fourth-order valence-corrected chi connectivity index (χ4v) is 3.86. The van der Waals surface area contributed by atoms with Crippen LogP contribution in [-0.4, -0.2) is 25.8 Å². The molecule has 1 fully saturated rings. The lowest BCUT2D eigenvalue weighted by atomic mass is 10.2. The van der Waals surface area contributed by atoms with Gasteiger partial charge in [0, 0.05) is 19.0 Å². The van der Waals surface area contributed by atoms with E-state index < -0.39 is 10.0 Å². The van der Waals surface area contributed by atoms with Crippen LogP contribution in [0.1, 0.15) is 18.9 Å². The average molecular weight is 274 g/mol. The van der Waals surface area contributed by atoms with Gasteiger partial charge in [0.2, 0.25) is 10.0 Å². The van der Waals surface area contributed by atoms with Gasteiger partial charge in [-0.25, -0.2) is 8.42 Å². The first-order valence-electron chi connectivity index (χ1n) is 5.69. The van der Waals surface area contributed by atoms with Crippen LogP contribution in [0.4, 0.5) is 0 Å². The van der Waals surface area contributed by atoms with Gasteiger partial charge < -0.3 is 0 Å². The Bertz CT molecular complexity index is 501. The van der Waals surface area contributed by atoms with Gasteiger partial charge in [-0.15, -0.1) is 11.6 Å². The standard InChI is InChI=1S/C12H16ClNO2S/c1-10-5-6-14(9-10)17(15,16)12-4-2-3-11(7-12)8-13/h2-4,7,10H,5-6,8-9H2,1H3. The second-order valence-corrected chi connectivity index (χ2v) is 6.74. The molecule has 3 nitrogen and oxygen atoms in total. The summed E-state index contributed by atoms with van der Waals surface area (Å²) < 4.78 is 26.2. The largest absolute Gasteiger partial charge is 0.243 e. The van der Waals surface area contributed by atoms with E-state index in [0.717, 1.165) is 12.0 Å². The van der Waals surface area contributed by atoms with E-state index in [1.165, 1.54) is 0 Å². The summed E-state index contributed by atoms with van der Waals surface area (Å²) in [7, 11) is -3.33. The van der Waals surface area contributed by atoms with Gasteiger partial charge in [0.1, 0.15) is 0 Å². The van der Waals surface area contributed by atoms with Gasteiger partial charge in [0.05, 0.1) is 4.90 Å². The third kappa shape index (κ3) is 2.64. The Kier molecular flexibility index (Phi) is 3.76. The van der Waals surface area contributed by atoms with Crippen molar-refractivity contribution in [2.45, 2.75) is 24.1 Å². The lowest BCUT2D eigenvalue weighted by molar-refractivity contribution is 0.464. The lowest BCUT2D eigenvalue weighted by Gasteiger charge is -2.16. The van der Waals surface area contributed by atoms with E-state index in [4.69, 9.17) is 11.6 Å². The van der Waals surface area contributed by atoms with E-state index >= 15 is 0 Å². The molecule has 0 aliphatic carbocycles. The van der Waals surface area contributed by atoms with Crippen molar-refractivity contribution >= 4 is 21.6 Å². The zero-order valence-electron chi connectivity index (χ0n) is 9.77. The number of hydrogen-bond donors (Lipinski definition) is 0. The number of alkyl halides is 1. The molecular formula is C12H16ClNO2S. The molecule has 0 aromatic heterocycles. The van der Waals surface area contributed by atoms with Crippen LogP contribution in [-0.2, 0) is 15.9 Å². The highest BCUT2D eigenvalue weighted by Gasteiger charge is 2.30. The maximum atomic E-state index is 12.3. The Balaban J connectivity index is 2.31. The highest BCUT2D eigenvalue weighted by Crippen LogP contribution is 2.24. The minimum Gasteiger partial charge on any atom is -0.207 e. The minimum atomic E-state index is -3.33. The monoisotopic (exact) mass is 273 g/mol.